The number of rotatable bonds is 3. The summed E-state index contributed by atoms with van der Waals surface area (Å²) in [5.74, 6) is -0.113. The summed E-state index contributed by atoms with van der Waals surface area (Å²) in [6, 6.07) is 4.84. The van der Waals surface area contributed by atoms with Crippen molar-refractivity contribution in [2.45, 2.75) is 25.4 Å². The van der Waals surface area contributed by atoms with Gasteiger partial charge in [0.25, 0.3) is 5.91 Å². The number of carbonyl (C=O) groups excluding carboxylic acids is 1. The van der Waals surface area contributed by atoms with Gasteiger partial charge < -0.3 is 15.7 Å². The number of nitrogens with zero attached hydrogens (tertiary/aromatic N) is 1. The van der Waals surface area contributed by atoms with Crippen LogP contribution in [0.15, 0.2) is 18.2 Å². The van der Waals surface area contributed by atoms with E-state index in [1.54, 1.807) is 23.1 Å². The highest BCUT2D eigenvalue weighted by atomic mass is 35.5. The molecule has 1 aliphatic rings. The molecule has 18 heavy (non-hydrogen) atoms. The number of carbonyl (C=O) groups is 1. The van der Waals surface area contributed by atoms with Crippen LogP contribution in [0.2, 0.25) is 5.02 Å². The van der Waals surface area contributed by atoms with E-state index in [0.717, 1.165) is 12.8 Å². The van der Waals surface area contributed by atoms with Gasteiger partial charge in [0, 0.05) is 5.56 Å². The fourth-order valence-corrected chi connectivity index (χ4v) is 2.45. The zero-order chi connectivity index (χ0) is 13.3. The molecular formula is C13H17ClN2O2. The van der Waals surface area contributed by atoms with Crippen molar-refractivity contribution in [2.24, 2.45) is 0 Å². The van der Waals surface area contributed by atoms with Crippen molar-refractivity contribution in [1.82, 2.24) is 4.90 Å². The van der Waals surface area contributed by atoms with Crippen LogP contribution in [0.1, 0.15) is 30.1 Å². The number of anilines is 1. The van der Waals surface area contributed by atoms with Gasteiger partial charge >= 0.3 is 0 Å². The highest BCUT2D eigenvalue weighted by Gasteiger charge is 2.42. The number of hydrogen-bond acceptors (Lipinski definition) is 3. The van der Waals surface area contributed by atoms with Crippen LogP contribution < -0.4 is 5.73 Å². The van der Waals surface area contributed by atoms with Gasteiger partial charge in [-0.3, -0.25) is 4.79 Å². The predicted octanol–water partition coefficient (Wildman–Crippen LogP) is 1.91. The third kappa shape index (κ3) is 2.44. The number of β-amino-alcohol motifs (C(OH)–C–C–N with tert-alkyl or cyclic N) is 1. The van der Waals surface area contributed by atoms with E-state index < -0.39 is 5.60 Å². The molecule has 0 spiro atoms. The first-order valence-corrected chi connectivity index (χ1v) is 6.40. The van der Waals surface area contributed by atoms with Crippen molar-refractivity contribution in [3.8, 4) is 0 Å². The molecule has 1 aromatic rings. The number of halogens is 1. The van der Waals surface area contributed by atoms with E-state index in [0.29, 0.717) is 29.4 Å². The minimum Gasteiger partial charge on any atom is -0.398 e. The van der Waals surface area contributed by atoms with Gasteiger partial charge in [0.1, 0.15) is 0 Å². The van der Waals surface area contributed by atoms with E-state index >= 15 is 0 Å². The van der Waals surface area contributed by atoms with Crippen LogP contribution in [-0.4, -0.2) is 34.6 Å². The minimum atomic E-state index is -0.706. The molecule has 0 unspecified atom stereocenters. The van der Waals surface area contributed by atoms with E-state index in [2.05, 4.69) is 0 Å². The van der Waals surface area contributed by atoms with Crippen LogP contribution in [-0.2, 0) is 0 Å². The molecule has 0 saturated carbocycles. The number of nitrogen functional groups attached to an aromatic ring is 1. The van der Waals surface area contributed by atoms with Crippen LogP contribution >= 0.6 is 11.6 Å². The van der Waals surface area contributed by atoms with Crippen molar-refractivity contribution in [2.75, 3.05) is 18.8 Å². The van der Waals surface area contributed by atoms with E-state index in [9.17, 15) is 9.90 Å². The van der Waals surface area contributed by atoms with Crippen LogP contribution in [0.25, 0.3) is 0 Å². The Labute approximate surface area is 111 Å². The maximum Gasteiger partial charge on any atom is 0.254 e. The fraction of sp³-hybridized carbons (Fsp3) is 0.462. The van der Waals surface area contributed by atoms with Gasteiger partial charge in [-0.05, 0) is 24.6 Å². The Morgan fingerprint density at radius 1 is 1.56 bits per heavy atom. The smallest absolute Gasteiger partial charge is 0.254 e. The summed E-state index contributed by atoms with van der Waals surface area (Å²) in [5, 5.41) is 10.4. The average Bonchev–Trinajstić information content (AvgIpc) is 2.29. The Bertz CT molecular complexity index is 470. The lowest BCUT2D eigenvalue weighted by atomic mass is 9.89. The van der Waals surface area contributed by atoms with Gasteiger partial charge in [0.2, 0.25) is 0 Å². The summed E-state index contributed by atoms with van der Waals surface area (Å²) in [6.45, 7) is 2.80. The summed E-state index contributed by atoms with van der Waals surface area (Å²) in [7, 11) is 0. The minimum absolute atomic E-state index is 0.113. The molecule has 1 heterocycles. The maximum absolute atomic E-state index is 12.1. The number of benzene rings is 1. The van der Waals surface area contributed by atoms with Gasteiger partial charge in [0.05, 0.1) is 29.4 Å². The van der Waals surface area contributed by atoms with E-state index in [4.69, 9.17) is 17.3 Å². The first kappa shape index (κ1) is 13.2. The van der Waals surface area contributed by atoms with Gasteiger partial charge in [-0.1, -0.05) is 24.9 Å². The molecule has 0 aromatic heterocycles. The number of likely N-dealkylation sites (tertiary alicyclic amines) is 1. The maximum atomic E-state index is 12.1. The number of hydrogen-bond donors (Lipinski definition) is 2. The van der Waals surface area contributed by atoms with Gasteiger partial charge in [-0.2, -0.15) is 0 Å². The quantitative estimate of drug-likeness (QED) is 0.823. The van der Waals surface area contributed by atoms with Crippen LogP contribution in [0, 0.1) is 0 Å². The van der Waals surface area contributed by atoms with Crippen molar-refractivity contribution >= 4 is 23.2 Å². The normalized spacial score (nSPS) is 17.4. The van der Waals surface area contributed by atoms with Crippen LogP contribution in [0.3, 0.4) is 0 Å². The Morgan fingerprint density at radius 3 is 2.78 bits per heavy atom. The lowest BCUT2D eigenvalue weighted by Crippen LogP contribution is -2.63. The molecule has 3 N–H and O–H groups in total. The molecule has 0 radical (unpaired) electrons. The predicted molar refractivity (Wildman–Crippen MR) is 71.6 cm³/mol. The van der Waals surface area contributed by atoms with Crippen LogP contribution in [0.4, 0.5) is 5.69 Å². The van der Waals surface area contributed by atoms with Crippen molar-refractivity contribution in [3.05, 3.63) is 28.8 Å². The first-order chi connectivity index (χ1) is 8.45. The monoisotopic (exact) mass is 268 g/mol. The third-order valence-corrected chi connectivity index (χ3v) is 3.55. The van der Waals surface area contributed by atoms with Gasteiger partial charge in [0.15, 0.2) is 0 Å². The second-order valence-electron chi connectivity index (χ2n) is 4.87. The largest absolute Gasteiger partial charge is 0.398 e. The molecule has 1 saturated heterocycles. The molecule has 98 valence electrons. The standard InChI is InChI=1S/C13H17ClN2O2/c1-2-5-13(18)7-16(8-13)12(17)9-3-4-11(15)10(14)6-9/h3-4,6,18H,2,5,7-8,15H2,1H3. The van der Waals surface area contributed by atoms with Gasteiger partial charge in [-0.15, -0.1) is 0 Å². The van der Waals surface area contributed by atoms with E-state index in [-0.39, 0.29) is 5.91 Å². The average molecular weight is 269 g/mol. The van der Waals surface area contributed by atoms with E-state index in [1.165, 1.54) is 0 Å². The molecule has 0 atom stereocenters. The number of amides is 1. The molecule has 1 aromatic carbocycles. The van der Waals surface area contributed by atoms with Crippen molar-refractivity contribution < 1.29 is 9.90 Å². The molecular weight excluding hydrogens is 252 g/mol. The highest BCUT2D eigenvalue weighted by molar-refractivity contribution is 6.33. The molecule has 5 heteroatoms. The third-order valence-electron chi connectivity index (χ3n) is 3.22. The lowest BCUT2D eigenvalue weighted by molar-refractivity contribution is -0.0860. The summed E-state index contributed by atoms with van der Waals surface area (Å²) >= 11 is 5.88. The van der Waals surface area contributed by atoms with Crippen molar-refractivity contribution in [3.63, 3.8) is 0 Å². The Morgan fingerprint density at radius 2 is 2.22 bits per heavy atom. The summed E-state index contributed by atoms with van der Waals surface area (Å²) in [5.41, 5.74) is 5.86. The first-order valence-electron chi connectivity index (χ1n) is 6.02. The van der Waals surface area contributed by atoms with Crippen molar-refractivity contribution in [1.29, 1.82) is 0 Å². The molecule has 1 aliphatic heterocycles. The molecule has 0 bridgehead atoms. The van der Waals surface area contributed by atoms with E-state index in [1.807, 2.05) is 6.92 Å². The Hall–Kier alpha value is -1.26. The topological polar surface area (TPSA) is 66.6 Å². The Balaban J connectivity index is 2.03. The molecule has 2 rings (SSSR count). The zero-order valence-electron chi connectivity index (χ0n) is 10.3. The Kier molecular flexibility index (Phi) is 3.50. The molecule has 0 aliphatic carbocycles. The summed E-state index contributed by atoms with van der Waals surface area (Å²) in [6.07, 6.45) is 1.63. The lowest BCUT2D eigenvalue weighted by Gasteiger charge is -2.46. The zero-order valence-corrected chi connectivity index (χ0v) is 11.1. The fourth-order valence-electron chi connectivity index (χ4n) is 2.27. The SMILES string of the molecule is CCCC1(O)CN(C(=O)c2ccc(N)c(Cl)c2)C1. The van der Waals surface area contributed by atoms with Gasteiger partial charge in [-0.25, -0.2) is 0 Å². The number of aliphatic hydroxyl groups is 1. The summed E-state index contributed by atoms with van der Waals surface area (Å²) < 4.78 is 0. The summed E-state index contributed by atoms with van der Waals surface area (Å²) in [4.78, 5) is 13.7. The molecule has 4 nitrogen and oxygen atoms in total. The molecule has 1 fully saturated rings. The second-order valence-corrected chi connectivity index (χ2v) is 5.28. The highest BCUT2D eigenvalue weighted by Crippen LogP contribution is 2.28. The second kappa shape index (κ2) is 4.78. The number of nitrogens with two attached hydrogens (primary N) is 1. The molecule has 1 amide bonds. The van der Waals surface area contributed by atoms with Crippen LogP contribution in [0.5, 0.6) is 0 Å².